The summed E-state index contributed by atoms with van der Waals surface area (Å²) in [6.45, 7) is 0.371. The van der Waals surface area contributed by atoms with Gasteiger partial charge in [-0.25, -0.2) is 0 Å². The molecule has 6 nitrogen and oxygen atoms in total. The van der Waals surface area contributed by atoms with E-state index < -0.39 is 4.92 Å². The van der Waals surface area contributed by atoms with Gasteiger partial charge in [0.05, 0.1) is 21.7 Å². The normalized spacial score (nSPS) is 19.1. The number of anilines is 2. The van der Waals surface area contributed by atoms with E-state index in [0.717, 1.165) is 0 Å². The molecule has 1 atom stereocenters. The summed E-state index contributed by atoms with van der Waals surface area (Å²) in [4.78, 5) is 23.5. The molecule has 1 N–H and O–H groups in total. The number of carbonyl (C=O) groups is 1. The van der Waals surface area contributed by atoms with Gasteiger partial charge >= 0.3 is 0 Å². The summed E-state index contributed by atoms with van der Waals surface area (Å²) < 4.78 is 0. The van der Waals surface area contributed by atoms with Crippen LogP contribution in [0.15, 0.2) is 18.2 Å². The Morgan fingerprint density at radius 1 is 1.56 bits per heavy atom. The number of rotatable bonds is 3. The van der Waals surface area contributed by atoms with Crippen molar-refractivity contribution < 1.29 is 9.72 Å². The van der Waals surface area contributed by atoms with Crippen LogP contribution in [0.5, 0.6) is 0 Å². The van der Waals surface area contributed by atoms with Gasteiger partial charge in [0.15, 0.2) is 0 Å². The molecule has 0 radical (unpaired) electrons. The van der Waals surface area contributed by atoms with Crippen LogP contribution in [0.3, 0.4) is 0 Å². The molecule has 7 heteroatoms. The largest absolute Gasteiger partial charge is 0.386 e. The van der Waals surface area contributed by atoms with Crippen molar-refractivity contribution in [3.8, 4) is 0 Å². The number of amides is 1. The number of carbonyl (C=O) groups excluding carboxylic acids is 1. The minimum atomic E-state index is -0.484. The molecule has 18 heavy (non-hydrogen) atoms. The summed E-state index contributed by atoms with van der Waals surface area (Å²) in [6.07, 6.45) is 0.257. The lowest BCUT2D eigenvalue weighted by Gasteiger charge is -2.19. The molecule has 1 unspecified atom stereocenters. The van der Waals surface area contributed by atoms with Crippen molar-refractivity contribution in [3.05, 3.63) is 28.3 Å². The van der Waals surface area contributed by atoms with E-state index in [1.54, 1.807) is 13.1 Å². The van der Waals surface area contributed by atoms with E-state index in [4.69, 9.17) is 11.6 Å². The van der Waals surface area contributed by atoms with Crippen LogP contribution in [0.25, 0.3) is 0 Å². The number of nitro benzene ring substituents is 1. The second-order valence-corrected chi connectivity index (χ2v) is 4.63. The molecule has 1 amide bonds. The molecule has 1 aromatic rings. The highest BCUT2D eigenvalue weighted by Gasteiger charge is 2.31. The molecular weight excluding hydrogens is 258 g/mol. The Hall–Kier alpha value is -1.82. The molecule has 0 spiro atoms. The predicted molar refractivity (Wildman–Crippen MR) is 69.3 cm³/mol. The monoisotopic (exact) mass is 269 g/mol. The number of hydrogen-bond donors (Lipinski definition) is 1. The van der Waals surface area contributed by atoms with Crippen molar-refractivity contribution in [1.82, 2.24) is 0 Å². The molecule has 0 aliphatic carbocycles. The van der Waals surface area contributed by atoms with Gasteiger partial charge in [-0.05, 0) is 6.07 Å². The van der Waals surface area contributed by atoms with Crippen LogP contribution in [0.1, 0.15) is 6.42 Å². The third-order valence-corrected chi connectivity index (χ3v) is 3.12. The Labute approximate surface area is 109 Å². The van der Waals surface area contributed by atoms with Crippen LogP contribution in [0.2, 0.25) is 0 Å². The maximum Gasteiger partial charge on any atom is 0.271 e. The fourth-order valence-corrected chi connectivity index (χ4v) is 2.24. The van der Waals surface area contributed by atoms with Crippen molar-refractivity contribution in [2.75, 3.05) is 23.8 Å². The molecule has 1 aliphatic heterocycles. The fourth-order valence-electron chi connectivity index (χ4n) is 1.97. The first-order valence-electron chi connectivity index (χ1n) is 5.43. The molecule has 96 valence electrons. The molecule has 2 rings (SSSR count). The Balaban J connectivity index is 2.44. The first-order chi connectivity index (χ1) is 8.52. The smallest absolute Gasteiger partial charge is 0.271 e. The fraction of sp³-hybridized carbons (Fsp3) is 0.364. The number of nitrogens with one attached hydrogen (secondary N) is 1. The van der Waals surface area contributed by atoms with Gasteiger partial charge in [0.1, 0.15) is 0 Å². The van der Waals surface area contributed by atoms with Gasteiger partial charge in [0.2, 0.25) is 5.91 Å². The second-order valence-electron chi connectivity index (χ2n) is 4.01. The van der Waals surface area contributed by atoms with Crippen molar-refractivity contribution in [1.29, 1.82) is 0 Å². The second kappa shape index (κ2) is 4.81. The summed E-state index contributed by atoms with van der Waals surface area (Å²) in [5.41, 5.74) is 1.12. The SMILES string of the molecule is CNc1ccc([N+](=O)[O-])cc1N1CC(Cl)CC1=O. The lowest BCUT2D eigenvalue weighted by Crippen LogP contribution is -2.25. The van der Waals surface area contributed by atoms with Crippen molar-refractivity contribution >= 4 is 34.6 Å². The van der Waals surface area contributed by atoms with E-state index in [1.807, 2.05) is 0 Å². The zero-order chi connectivity index (χ0) is 13.3. The number of halogens is 1. The highest BCUT2D eigenvalue weighted by Crippen LogP contribution is 2.33. The third-order valence-electron chi connectivity index (χ3n) is 2.83. The number of hydrogen-bond acceptors (Lipinski definition) is 4. The lowest BCUT2D eigenvalue weighted by atomic mass is 10.2. The Morgan fingerprint density at radius 2 is 2.28 bits per heavy atom. The van der Waals surface area contributed by atoms with Crippen molar-refractivity contribution in [2.24, 2.45) is 0 Å². The van der Waals surface area contributed by atoms with Gasteiger partial charge < -0.3 is 10.2 Å². The van der Waals surface area contributed by atoms with Crippen LogP contribution < -0.4 is 10.2 Å². The quantitative estimate of drug-likeness (QED) is 0.517. The van der Waals surface area contributed by atoms with E-state index in [-0.39, 0.29) is 23.4 Å². The topological polar surface area (TPSA) is 75.5 Å². The molecule has 1 saturated heterocycles. The van der Waals surface area contributed by atoms with Crippen LogP contribution in [-0.4, -0.2) is 29.8 Å². The van der Waals surface area contributed by atoms with Crippen LogP contribution in [-0.2, 0) is 4.79 Å². The van der Waals surface area contributed by atoms with Gasteiger partial charge in [-0.1, -0.05) is 0 Å². The summed E-state index contributed by atoms with van der Waals surface area (Å²) in [5.74, 6) is -0.119. The van der Waals surface area contributed by atoms with E-state index in [1.165, 1.54) is 17.0 Å². The number of non-ortho nitro benzene ring substituents is 1. The highest BCUT2D eigenvalue weighted by molar-refractivity contribution is 6.24. The first-order valence-corrected chi connectivity index (χ1v) is 5.87. The van der Waals surface area contributed by atoms with Crippen LogP contribution in [0.4, 0.5) is 17.1 Å². The lowest BCUT2D eigenvalue weighted by molar-refractivity contribution is -0.384. The minimum absolute atomic E-state index is 0.0465. The summed E-state index contributed by atoms with van der Waals surface area (Å²) in [7, 11) is 1.70. The third kappa shape index (κ3) is 2.24. The van der Waals surface area contributed by atoms with E-state index in [0.29, 0.717) is 17.9 Å². The van der Waals surface area contributed by atoms with Crippen LogP contribution in [0, 0.1) is 10.1 Å². The molecule has 1 aromatic carbocycles. The van der Waals surface area contributed by atoms with Crippen molar-refractivity contribution in [3.63, 3.8) is 0 Å². The van der Waals surface area contributed by atoms with Gasteiger partial charge in [0.25, 0.3) is 5.69 Å². The minimum Gasteiger partial charge on any atom is -0.386 e. The standard InChI is InChI=1S/C11H12ClN3O3/c1-13-9-3-2-8(15(17)18)5-10(9)14-6-7(12)4-11(14)16/h2-3,5,7,13H,4,6H2,1H3. The number of benzene rings is 1. The van der Waals surface area contributed by atoms with Gasteiger partial charge in [-0.3, -0.25) is 14.9 Å². The summed E-state index contributed by atoms with van der Waals surface area (Å²) in [5, 5.41) is 13.4. The Bertz CT molecular complexity index is 506. The maximum atomic E-state index is 11.8. The van der Waals surface area contributed by atoms with Crippen LogP contribution >= 0.6 is 11.6 Å². The molecule has 1 fully saturated rings. The average Bonchev–Trinajstić information content (AvgIpc) is 2.67. The number of alkyl halides is 1. The average molecular weight is 270 g/mol. The number of nitrogens with zero attached hydrogens (tertiary/aromatic N) is 2. The maximum absolute atomic E-state index is 11.8. The number of nitro groups is 1. The Kier molecular flexibility index (Phi) is 3.38. The molecule has 0 bridgehead atoms. The van der Waals surface area contributed by atoms with Gasteiger partial charge in [-0.2, -0.15) is 0 Å². The van der Waals surface area contributed by atoms with E-state index in [2.05, 4.69) is 5.32 Å². The molecule has 0 aromatic heterocycles. The highest BCUT2D eigenvalue weighted by atomic mass is 35.5. The first kappa shape index (κ1) is 12.6. The van der Waals surface area contributed by atoms with Crippen molar-refractivity contribution in [2.45, 2.75) is 11.8 Å². The molecule has 0 saturated carbocycles. The zero-order valence-corrected chi connectivity index (χ0v) is 10.5. The van der Waals surface area contributed by atoms with E-state index in [9.17, 15) is 14.9 Å². The Morgan fingerprint density at radius 3 is 2.78 bits per heavy atom. The summed E-state index contributed by atoms with van der Waals surface area (Å²) in [6, 6.07) is 4.37. The van der Waals surface area contributed by atoms with Gasteiger partial charge in [0, 0.05) is 32.1 Å². The molecule has 1 heterocycles. The molecule has 1 aliphatic rings. The predicted octanol–water partition coefficient (Wildman–Crippen LogP) is 1.98. The summed E-state index contributed by atoms with van der Waals surface area (Å²) >= 11 is 5.93. The molecular formula is C11H12ClN3O3. The van der Waals surface area contributed by atoms with Gasteiger partial charge in [-0.15, -0.1) is 11.6 Å². The van der Waals surface area contributed by atoms with E-state index >= 15 is 0 Å². The zero-order valence-electron chi connectivity index (χ0n) is 9.72.